The third kappa shape index (κ3) is 18.2. The summed E-state index contributed by atoms with van der Waals surface area (Å²) in [6.07, 6.45) is 6.30. The fourth-order valence-corrected chi connectivity index (χ4v) is 2.46. The molecule has 0 amide bonds. The summed E-state index contributed by atoms with van der Waals surface area (Å²) in [5.41, 5.74) is 4.41. The van der Waals surface area contributed by atoms with Crippen molar-refractivity contribution in [2.45, 2.75) is 82.1 Å². The largest absolute Gasteiger partial charge is 0.478 e. The number of ketones is 1. The Kier molecular flexibility index (Phi) is 23.0. The van der Waals surface area contributed by atoms with Gasteiger partial charge in [-0.05, 0) is 77.7 Å². The van der Waals surface area contributed by atoms with Gasteiger partial charge in [0.1, 0.15) is 0 Å². The molecular formula is C28H47NO3. The van der Waals surface area contributed by atoms with Crippen LogP contribution in [0, 0.1) is 6.92 Å². The van der Waals surface area contributed by atoms with E-state index in [1.165, 1.54) is 18.5 Å². The highest BCUT2D eigenvalue weighted by molar-refractivity contribution is 5.93. The molecule has 0 saturated heterocycles. The van der Waals surface area contributed by atoms with Gasteiger partial charge in [0.15, 0.2) is 5.78 Å². The predicted octanol–water partition coefficient (Wildman–Crippen LogP) is 7.85. The van der Waals surface area contributed by atoms with Crippen LogP contribution in [0.1, 0.15) is 91.1 Å². The van der Waals surface area contributed by atoms with Crippen LogP contribution in [0.3, 0.4) is 0 Å². The van der Waals surface area contributed by atoms with Gasteiger partial charge < -0.3 is 10.0 Å². The van der Waals surface area contributed by atoms with Gasteiger partial charge in [0.05, 0.1) is 5.56 Å². The van der Waals surface area contributed by atoms with E-state index in [-0.39, 0.29) is 5.78 Å². The van der Waals surface area contributed by atoms with Crippen molar-refractivity contribution in [1.29, 1.82) is 0 Å². The van der Waals surface area contributed by atoms with Crippen molar-refractivity contribution in [2.75, 3.05) is 13.1 Å². The van der Waals surface area contributed by atoms with Gasteiger partial charge in [0.2, 0.25) is 0 Å². The molecule has 0 atom stereocenters. The van der Waals surface area contributed by atoms with Crippen molar-refractivity contribution in [2.24, 2.45) is 0 Å². The molecule has 0 fully saturated rings. The Morgan fingerprint density at radius 2 is 1.53 bits per heavy atom. The van der Waals surface area contributed by atoms with E-state index in [1.807, 2.05) is 59.8 Å². The van der Waals surface area contributed by atoms with Crippen LogP contribution in [0.2, 0.25) is 0 Å². The first kappa shape index (κ1) is 34.0. The Labute approximate surface area is 197 Å². The number of allylic oxidation sites excluding steroid dienone is 5. The number of hydrogen-bond acceptors (Lipinski definition) is 3. The van der Waals surface area contributed by atoms with Crippen molar-refractivity contribution >= 4 is 11.8 Å². The van der Waals surface area contributed by atoms with Gasteiger partial charge in [-0.15, -0.1) is 0 Å². The summed E-state index contributed by atoms with van der Waals surface area (Å²) in [6, 6.07) is 6.82. The quantitative estimate of drug-likeness (QED) is 0.327. The zero-order chi connectivity index (χ0) is 25.7. The SMILES string of the molecule is C/C=C\C(C)=C(/C)C(C)=O.C=C(C)N(CCC)CCC.CC.Cc1cccc(C(=O)O)c1. The number of rotatable bonds is 8. The molecule has 4 heteroatoms. The average molecular weight is 446 g/mol. The van der Waals surface area contributed by atoms with Crippen molar-refractivity contribution in [3.8, 4) is 0 Å². The molecule has 0 radical (unpaired) electrons. The maximum Gasteiger partial charge on any atom is 0.335 e. The summed E-state index contributed by atoms with van der Waals surface area (Å²) >= 11 is 0. The summed E-state index contributed by atoms with van der Waals surface area (Å²) in [7, 11) is 0. The number of aryl methyl sites for hydroxylation is 1. The van der Waals surface area contributed by atoms with Crippen LogP contribution in [0.5, 0.6) is 0 Å². The van der Waals surface area contributed by atoms with Crippen LogP contribution in [-0.2, 0) is 4.79 Å². The van der Waals surface area contributed by atoms with E-state index in [0.29, 0.717) is 5.56 Å². The van der Waals surface area contributed by atoms with Crippen molar-refractivity contribution < 1.29 is 14.7 Å². The lowest BCUT2D eigenvalue weighted by molar-refractivity contribution is -0.113. The molecule has 1 rings (SSSR count). The molecule has 0 aliphatic rings. The molecule has 0 bridgehead atoms. The minimum absolute atomic E-state index is 0.149. The van der Waals surface area contributed by atoms with Gasteiger partial charge in [-0.2, -0.15) is 0 Å². The molecule has 1 aromatic rings. The van der Waals surface area contributed by atoms with Gasteiger partial charge in [-0.1, -0.05) is 64.1 Å². The molecule has 0 spiro atoms. The summed E-state index contributed by atoms with van der Waals surface area (Å²) < 4.78 is 0. The number of carbonyl (C=O) groups is 2. The van der Waals surface area contributed by atoms with Gasteiger partial charge in [0.25, 0.3) is 0 Å². The Morgan fingerprint density at radius 1 is 1.03 bits per heavy atom. The zero-order valence-corrected chi connectivity index (χ0v) is 22.2. The topological polar surface area (TPSA) is 57.6 Å². The van der Waals surface area contributed by atoms with Crippen molar-refractivity contribution in [1.82, 2.24) is 4.90 Å². The maximum atomic E-state index is 10.8. The van der Waals surface area contributed by atoms with Gasteiger partial charge >= 0.3 is 5.97 Å². The smallest absolute Gasteiger partial charge is 0.335 e. The zero-order valence-electron chi connectivity index (χ0n) is 22.2. The van der Waals surface area contributed by atoms with Crippen LogP contribution in [0.15, 0.2) is 59.8 Å². The first-order valence-corrected chi connectivity index (χ1v) is 11.5. The lowest BCUT2D eigenvalue weighted by atomic mass is 10.1. The molecule has 1 aromatic carbocycles. The minimum atomic E-state index is -0.872. The number of aromatic carboxylic acids is 1. The number of nitrogens with zero attached hydrogens (tertiary/aromatic N) is 1. The standard InChI is InChI=1S/C9H19N.C9H14O.C8H8O2.C2H6/c1-5-7-10(8-6-2)9(3)4;1-5-6-7(2)8(3)9(4)10;1-6-3-2-4-7(5-6)8(9)10;1-2/h3,5-8H2,1-2,4H3;5-6H,1-4H3;2-5H,1H3,(H,9,10);1-2H3/b;6-5-,8-7+;;. The van der Waals surface area contributed by atoms with E-state index in [0.717, 1.165) is 29.8 Å². The van der Waals surface area contributed by atoms with Gasteiger partial charge in [-0.25, -0.2) is 4.79 Å². The first-order valence-electron chi connectivity index (χ1n) is 11.5. The Balaban J connectivity index is -0.000000379. The maximum absolute atomic E-state index is 10.8. The molecule has 32 heavy (non-hydrogen) atoms. The number of hydrogen-bond donors (Lipinski definition) is 1. The second-order valence-electron chi connectivity index (χ2n) is 7.26. The molecular weight excluding hydrogens is 398 g/mol. The van der Waals surface area contributed by atoms with Gasteiger partial charge in [0, 0.05) is 18.8 Å². The molecule has 0 aliphatic heterocycles. The fraction of sp³-hybridized carbons (Fsp3) is 0.500. The summed E-state index contributed by atoms with van der Waals surface area (Å²) in [5, 5.41) is 8.51. The average Bonchev–Trinajstić information content (AvgIpc) is 2.75. The Morgan fingerprint density at radius 3 is 1.81 bits per heavy atom. The fourth-order valence-electron chi connectivity index (χ4n) is 2.46. The number of carbonyl (C=O) groups excluding carboxylic acids is 1. The van der Waals surface area contributed by atoms with E-state index >= 15 is 0 Å². The molecule has 0 unspecified atom stereocenters. The molecule has 0 heterocycles. The lowest BCUT2D eigenvalue weighted by Gasteiger charge is -2.23. The highest BCUT2D eigenvalue weighted by Gasteiger charge is 2.00. The van der Waals surface area contributed by atoms with E-state index in [2.05, 4.69) is 32.3 Å². The number of Topliss-reactive ketones (excluding diaryl/α,β-unsaturated/α-hetero) is 1. The highest BCUT2D eigenvalue weighted by atomic mass is 16.4. The second-order valence-corrected chi connectivity index (χ2v) is 7.26. The molecule has 182 valence electrons. The van der Waals surface area contributed by atoms with E-state index < -0.39 is 5.97 Å². The summed E-state index contributed by atoms with van der Waals surface area (Å²) in [4.78, 5) is 23.5. The highest BCUT2D eigenvalue weighted by Crippen LogP contribution is 2.05. The Hall–Kier alpha value is -2.62. The lowest BCUT2D eigenvalue weighted by Crippen LogP contribution is -2.22. The monoisotopic (exact) mass is 445 g/mol. The van der Waals surface area contributed by atoms with E-state index in [1.54, 1.807) is 25.1 Å². The Bertz CT molecular complexity index is 724. The number of carboxylic acid groups (broad SMARTS) is 1. The van der Waals surface area contributed by atoms with Crippen molar-refractivity contribution in [3.63, 3.8) is 0 Å². The van der Waals surface area contributed by atoms with Crippen LogP contribution in [0.25, 0.3) is 0 Å². The van der Waals surface area contributed by atoms with Gasteiger partial charge in [-0.3, -0.25) is 4.79 Å². The third-order valence-corrected chi connectivity index (χ3v) is 4.33. The normalized spacial score (nSPS) is 10.3. The van der Waals surface area contributed by atoms with Crippen LogP contribution in [-0.4, -0.2) is 34.8 Å². The van der Waals surface area contributed by atoms with E-state index in [4.69, 9.17) is 5.11 Å². The number of carboxylic acids is 1. The first-order chi connectivity index (χ1) is 15.0. The second kappa shape index (κ2) is 21.6. The van der Waals surface area contributed by atoms with E-state index in [9.17, 15) is 9.59 Å². The molecule has 1 N–H and O–H groups in total. The molecule has 4 nitrogen and oxygen atoms in total. The van der Waals surface area contributed by atoms with Crippen LogP contribution >= 0.6 is 0 Å². The summed E-state index contributed by atoms with van der Waals surface area (Å²) in [5.74, 6) is -0.723. The molecule has 0 aromatic heterocycles. The molecule has 0 saturated carbocycles. The summed E-state index contributed by atoms with van der Waals surface area (Å²) in [6.45, 7) is 25.9. The van der Waals surface area contributed by atoms with Crippen molar-refractivity contribution in [3.05, 3.63) is 71.0 Å². The van der Waals surface area contributed by atoms with Crippen LogP contribution in [0.4, 0.5) is 0 Å². The third-order valence-electron chi connectivity index (χ3n) is 4.33. The number of benzene rings is 1. The predicted molar refractivity (Wildman–Crippen MR) is 140 cm³/mol. The molecule has 0 aliphatic carbocycles. The minimum Gasteiger partial charge on any atom is -0.478 e. The van der Waals surface area contributed by atoms with Crippen LogP contribution < -0.4 is 0 Å².